The van der Waals surface area contributed by atoms with Gasteiger partial charge in [-0.15, -0.1) is 0 Å². The summed E-state index contributed by atoms with van der Waals surface area (Å²) in [6, 6.07) is 4.86. The standard InChI is InChI=1S/C15H19FN6O5/c1-10(24)15(9-23,20-21-17)27-13(7-16)22-5-4-12(19-14(22)25)18-8-11-3-2-6-26-11/h2-6,10,13,23-24H,7-9H2,1H3,(H,18,19,25)/t10-,13-,15-/m1/s1. The van der Waals surface area contributed by atoms with Gasteiger partial charge in [0.1, 0.15) is 18.3 Å². The fraction of sp³-hybridized carbons (Fsp3) is 0.467. The van der Waals surface area contributed by atoms with E-state index < -0.39 is 37.0 Å². The Kier molecular flexibility index (Phi) is 6.91. The molecule has 0 aliphatic heterocycles. The predicted molar refractivity (Wildman–Crippen MR) is 91.3 cm³/mol. The smallest absolute Gasteiger partial charge is 0.351 e. The zero-order valence-corrected chi connectivity index (χ0v) is 14.4. The van der Waals surface area contributed by atoms with E-state index in [9.17, 15) is 19.4 Å². The third-order valence-corrected chi connectivity index (χ3v) is 3.73. The van der Waals surface area contributed by atoms with E-state index in [0.717, 1.165) is 4.57 Å². The van der Waals surface area contributed by atoms with Crippen LogP contribution < -0.4 is 11.0 Å². The SMILES string of the molecule is C[C@@H](O)[C@](CO)(N=[N+]=[N-])O[C@H](CF)n1ccc(NCc2ccco2)nc1=O. The molecular formula is C15H19FN6O5. The molecule has 0 bridgehead atoms. The summed E-state index contributed by atoms with van der Waals surface area (Å²) in [5, 5.41) is 25.3. The molecule has 12 heteroatoms. The first-order valence-electron chi connectivity index (χ1n) is 7.90. The zero-order chi connectivity index (χ0) is 19.9. The van der Waals surface area contributed by atoms with Crippen molar-refractivity contribution in [2.24, 2.45) is 5.11 Å². The van der Waals surface area contributed by atoms with Crippen LogP contribution in [-0.4, -0.2) is 44.9 Å². The molecule has 146 valence electrons. The third-order valence-electron chi connectivity index (χ3n) is 3.73. The average molecular weight is 382 g/mol. The summed E-state index contributed by atoms with van der Waals surface area (Å²) in [5.41, 5.74) is 5.63. The average Bonchev–Trinajstić information content (AvgIpc) is 3.17. The van der Waals surface area contributed by atoms with E-state index in [1.54, 1.807) is 12.1 Å². The highest BCUT2D eigenvalue weighted by Crippen LogP contribution is 2.25. The van der Waals surface area contributed by atoms with Crippen LogP contribution in [-0.2, 0) is 11.3 Å². The maximum Gasteiger partial charge on any atom is 0.351 e. The Balaban J connectivity index is 2.21. The topological polar surface area (TPSA) is 159 Å². The van der Waals surface area contributed by atoms with E-state index in [1.807, 2.05) is 0 Å². The van der Waals surface area contributed by atoms with Crippen molar-refractivity contribution in [1.82, 2.24) is 9.55 Å². The molecule has 2 rings (SSSR count). The molecular weight excluding hydrogens is 363 g/mol. The number of alkyl halides is 1. The second-order valence-corrected chi connectivity index (χ2v) is 5.53. The van der Waals surface area contributed by atoms with E-state index in [1.165, 1.54) is 25.5 Å². The minimum Gasteiger partial charge on any atom is -0.467 e. The van der Waals surface area contributed by atoms with Crippen molar-refractivity contribution in [2.75, 3.05) is 18.6 Å². The minimum absolute atomic E-state index is 0.226. The van der Waals surface area contributed by atoms with Gasteiger partial charge in [-0.25, -0.2) is 9.18 Å². The van der Waals surface area contributed by atoms with Crippen molar-refractivity contribution in [3.63, 3.8) is 0 Å². The molecule has 3 atom stereocenters. The number of ether oxygens (including phenoxy) is 1. The van der Waals surface area contributed by atoms with Gasteiger partial charge in [0.2, 0.25) is 0 Å². The van der Waals surface area contributed by atoms with Gasteiger partial charge in [0.25, 0.3) is 0 Å². The summed E-state index contributed by atoms with van der Waals surface area (Å²) < 4.78 is 24.7. The highest BCUT2D eigenvalue weighted by Gasteiger charge is 2.39. The lowest BCUT2D eigenvalue weighted by Gasteiger charge is -2.33. The van der Waals surface area contributed by atoms with Crippen LogP contribution in [0, 0.1) is 0 Å². The first kappa shape index (κ1) is 20.4. The largest absolute Gasteiger partial charge is 0.467 e. The summed E-state index contributed by atoms with van der Waals surface area (Å²) in [5.74, 6) is 0.856. The Bertz CT molecular complexity index is 835. The van der Waals surface area contributed by atoms with E-state index in [2.05, 4.69) is 20.3 Å². The number of nitrogens with zero attached hydrogens (tertiary/aromatic N) is 5. The molecule has 0 saturated heterocycles. The highest BCUT2D eigenvalue weighted by atomic mass is 19.1. The number of furan rings is 1. The lowest BCUT2D eigenvalue weighted by Crippen LogP contribution is -2.48. The number of hydrogen-bond donors (Lipinski definition) is 3. The van der Waals surface area contributed by atoms with Gasteiger partial charge in [0, 0.05) is 11.1 Å². The Labute approximate surface area is 152 Å². The molecule has 0 aliphatic rings. The first-order chi connectivity index (χ1) is 13.0. The van der Waals surface area contributed by atoms with Crippen LogP contribution in [0.2, 0.25) is 0 Å². The maximum atomic E-state index is 13.5. The zero-order valence-electron chi connectivity index (χ0n) is 14.4. The number of aliphatic hydroxyl groups excluding tert-OH is 2. The van der Waals surface area contributed by atoms with Gasteiger partial charge in [-0.1, -0.05) is 5.11 Å². The second-order valence-electron chi connectivity index (χ2n) is 5.53. The summed E-state index contributed by atoms with van der Waals surface area (Å²) >= 11 is 0. The Morgan fingerprint density at radius 2 is 2.37 bits per heavy atom. The van der Waals surface area contributed by atoms with Crippen molar-refractivity contribution >= 4 is 5.82 Å². The monoisotopic (exact) mass is 382 g/mol. The molecule has 0 fully saturated rings. The van der Waals surface area contributed by atoms with Crippen LogP contribution in [0.3, 0.4) is 0 Å². The van der Waals surface area contributed by atoms with Crippen molar-refractivity contribution in [2.45, 2.75) is 31.5 Å². The minimum atomic E-state index is -2.15. The number of nitrogens with one attached hydrogen (secondary N) is 1. The third kappa shape index (κ3) is 4.83. The van der Waals surface area contributed by atoms with Crippen LogP contribution in [0.5, 0.6) is 0 Å². The number of anilines is 1. The van der Waals surface area contributed by atoms with E-state index >= 15 is 0 Å². The lowest BCUT2D eigenvalue weighted by atomic mass is 10.1. The summed E-state index contributed by atoms with van der Waals surface area (Å²) in [4.78, 5) is 18.5. The first-order valence-corrected chi connectivity index (χ1v) is 7.90. The van der Waals surface area contributed by atoms with Crippen molar-refractivity contribution in [1.29, 1.82) is 0 Å². The van der Waals surface area contributed by atoms with Crippen LogP contribution in [0.25, 0.3) is 10.4 Å². The van der Waals surface area contributed by atoms with Crippen molar-refractivity contribution < 1.29 is 23.8 Å². The molecule has 0 aromatic carbocycles. The fourth-order valence-electron chi connectivity index (χ4n) is 2.20. The fourth-order valence-corrected chi connectivity index (χ4v) is 2.20. The maximum absolute atomic E-state index is 13.5. The van der Waals surface area contributed by atoms with Crippen LogP contribution >= 0.6 is 0 Å². The van der Waals surface area contributed by atoms with Gasteiger partial charge in [0.05, 0.1) is 25.5 Å². The van der Waals surface area contributed by atoms with Gasteiger partial charge in [-0.2, -0.15) is 4.98 Å². The molecule has 0 spiro atoms. The second kappa shape index (κ2) is 9.14. The van der Waals surface area contributed by atoms with Crippen LogP contribution in [0.1, 0.15) is 18.9 Å². The van der Waals surface area contributed by atoms with Gasteiger partial charge in [-0.05, 0) is 30.7 Å². The summed E-state index contributed by atoms with van der Waals surface area (Å²) in [6.45, 7) is -0.631. The van der Waals surface area contributed by atoms with Crippen molar-refractivity contribution in [3.8, 4) is 0 Å². The highest BCUT2D eigenvalue weighted by molar-refractivity contribution is 5.32. The molecule has 0 unspecified atom stereocenters. The quantitative estimate of drug-likeness (QED) is 0.317. The number of halogens is 1. The van der Waals surface area contributed by atoms with E-state index in [4.69, 9.17) is 14.7 Å². The molecule has 2 heterocycles. The summed E-state index contributed by atoms with van der Waals surface area (Å²) in [6.07, 6.45) is -0.309. The molecule has 2 aromatic heterocycles. The Morgan fingerprint density at radius 3 is 2.89 bits per heavy atom. The Morgan fingerprint density at radius 1 is 1.59 bits per heavy atom. The van der Waals surface area contributed by atoms with Gasteiger partial charge in [0.15, 0.2) is 12.0 Å². The number of azide groups is 1. The van der Waals surface area contributed by atoms with Gasteiger partial charge in [-0.3, -0.25) is 4.57 Å². The van der Waals surface area contributed by atoms with Crippen molar-refractivity contribution in [3.05, 3.63) is 57.3 Å². The number of rotatable bonds is 10. The lowest BCUT2D eigenvalue weighted by molar-refractivity contribution is -0.193. The van der Waals surface area contributed by atoms with E-state index in [0.29, 0.717) is 12.3 Å². The molecule has 0 aliphatic carbocycles. The summed E-state index contributed by atoms with van der Waals surface area (Å²) in [7, 11) is 0. The van der Waals surface area contributed by atoms with Gasteiger partial charge < -0.3 is 24.7 Å². The molecule has 27 heavy (non-hydrogen) atoms. The number of hydrogen-bond acceptors (Lipinski definition) is 8. The molecule has 3 N–H and O–H groups in total. The van der Waals surface area contributed by atoms with Gasteiger partial charge >= 0.3 is 5.69 Å². The number of aromatic nitrogens is 2. The van der Waals surface area contributed by atoms with Crippen LogP contribution in [0.15, 0.2) is 45.0 Å². The van der Waals surface area contributed by atoms with Crippen LogP contribution in [0.4, 0.5) is 10.2 Å². The molecule has 0 radical (unpaired) electrons. The normalized spacial score (nSPS) is 15.4. The number of aliphatic hydroxyl groups is 2. The Hall–Kier alpha value is -2.92. The van der Waals surface area contributed by atoms with E-state index in [-0.39, 0.29) is 5.82 Å². The molecule has 0 amide bonds. The molecule has 0 saturated carbocycles. The molecule has 2 aromatic rings. The predicted octanol–water partition coefficient (Wildman–Crippen LogP) is 1.31. The molecule has 11 nitrogen and oxygen atoms in total.